The fourth-order valence-corrected chi connectivity index (χ4v) is 5.51. The third kappa shape index (κ3) is 5.67. The molecule has 0 radical (unpaired) electrons. The van der Waals surface area contributed by atoms with Crippen LogP contribution in [-0.4, -0.2) is 55.1 Å². The molecule has 2 N–H and O–H groups in total. The molecule has 0 aromatic carbocycles. The van der Waals surface area contributed by atoms with Crippen LogP contribution in [-0.2, 0) is 6.54 Å². The number of thiophene rings is 1. The van der Waals surface area contributed by atoms with Crippen LogP contribution >= 0.6 is 23.1 Å². The number of hydrogen-bond acceptors (Lipinski definition) is 4. The van der Waals surface area contributed by atoms with E-state index in [1.54, 1.807) is 0 Å². The topological polar surface area (TPSA) is 39.7 Å². The Bertz CT molecular complexity index is 497. The van der Waals surface area contributed by atoms with Gasteiger partial charge in [-0.2, -0.15) is 11.8 Å². The summed E-state index contributed by atoms with van der Waals surface area (Å²) in [7, 11) is 1.88. The first-order valence-corrected chi connectivity index (χ1v) is 11.1. The molecule has 0 amide bonds. The monoisotopic (exact) mass is 366 g/mol. The second-order valence-corrected chi connectivity index (χ2v) is 9.23. The summed E-state index contributed by atoms with van der Waals surface area (Å²) in [6, 6.07) is 4.40. The van der Waals surface area contributed by atoms with E-state index < -0.39 is 0 Å². The highest BCUT2D eigenvalue weighted by Crippen LogP contribution is 2.25. The molecule has 1 aromatic heterocycles. The number of guanidine groups is 1. The van der Waals surface area contributed by atoms with Crippen LogP contribution in [0, 0.1) is 5.92 Å². The molecule has 0 bridgehead atoms. The van der Waals surface area contributed by atoms with Gasteiger partial charge in [-0.1, -0.05) is 6.07 Å². The van der Waals surface area contributed by atoms with Crippen molar-refractivity contribution in [1.82, 2.24) is 15.5 Å². The van der Waals surface area contributed by atoms with Crippen molar-refractivity contribution >= 4 is 29.1 Å². The number of nitrogens with zero attached hydrogens (tertiary/aromatic N) is 2. The Balaban J connectivity index is 1.38. The van der Waals surface area contributed by atoms with E-state index in [4.69, 9.17) is 0 Å². The molecule has 6 heteroatoms. The Labute approximate surface area is 154 Å². The van der Waals surface area contributed by atoms with Crippen molar-refractivity contribution in [1.29, 1.82) is 0 Å². The van der Waals surface area contributed by atoms with E-state index in [1.807, 2.05) is 18.4 Å². The molecule has 134 valence electrons. The minimum atomic E-state index is 0.720. The summed E-state index contributed by atoms with van der Waals surface area (Å²) in [5, 5.41) is 9.99. The molecule has 2 saturated heterocycles. The second-order valence-electron chi connectivity index (χ2n) is 6.79. The Morgan fingerprint density at radius 1 is 1.29 bits per heavy atom. The molecule has 3 rings (SSSR count). The number of nitrogens with one attached hydrogen (secondary N) is 2. The van der Waals surface area contributed by atoms with Gasteiger partial charge in [-0.25, -0.2) is 0 Å². The van der Waals surface area contributed by atoms with Crippen LogP contribution < -0.4 is 10.6 Å². The van der Waals surface area contributed by atoms with Gasteiger partial charge in [0.2, 0.25) is 0 Å². The maximum absolute atomic E-state index is 4.39. The molecule has 2 atom stereocenters. The van der Waals surface area contributed by atoms with E-state index in [1.165, 1.54) is 49.4 Å². The third-order valence-corrected chi connectivity index (χ3v) is 7.12. The number of aliphatic imine (C=N–C) groups is 1. The first-order valence-electron chi connectivity index (χ1n) is 9.14. The predicted molar refractivity (Wildman–Crippen MR) is 107 cm³/mol. The zero-order valence-corrected chi connectivity index (χ0v) is 16.3. The lowest BCUT2D eigenvalue weighted by Gasteiger charge is -2.32. The van der Waals surface area contributed by atoms with E-state index in [-0.39, 0.29) is 0 Å². The van der Waals surface area contributed by atoms with Gasteiger partial charge >= 0.3 is 0 Å². The molecule has 24 heavy (non-hydrogen) atoms. The first kappa shape index (κ1) is 18.1. The van der Waals surface area contributed by atoms with Gasteiger partial charge in [-0.15, -0.1) is 11.3 Å². The van der Waals surface area contributed by atoms with Gasteiger partial charge in [0.1, 0.15) is 0 Å². The van der Waals surface area contributed by atoms with Gasteiger partial charge < -0.3 is 10.6 Å². The second kappa shape index (κ2) is 9.68. The summed E-state index contributed by atoms with van der Waals surface area (Å²) < 4.78 is 0. The first-order chi connectivity index (χ1) is 11.8. The molecule has 2 aliphatic rings. The summed E-state index contributed by atoms with van der Waals surface area (Å²) in [4.78, 5) is 8.47. The van der Waals surface area contributed by atoms with Crippen molar-refractivity contribution in [3.63, 3.8) is 0 Å². The van der Waals surface area contributed by atoms with Crippen LogP contribution in [0.4, 0.5) is 0 Å². The van der Waals surface area contributed by atoms with Crippen molar-refractivity contribution < 1.29 is 0 Å². The Morgan fingerprint density at radius 3 is 2.96 bits per heavy atom. The van der Waals surface area contributed by atoms with E-state index in [9.17, 15) is 0 Å². The minimum Gasteiger partial charge on any atom is -0.356 e. The van der Waals surface area contributed by atoms with Gasteiger partial charge in [0.15, 0.2) is 5.96 Å². The molecule has 2 aliphatic heterocycles. The highest BCUT2D eigenvalue weighted by Gasteiger charge is 2.21. The normalized spacial score (nSPS) is 25.8. The molecular formula is C18H30N4S2. The van der Waals surface area contributed by atoms with Crippen LogP contribution in [0.5, 0.6) is 0 Å². The molecular weight excluding hydrogens is 336 g/mol. The van der Waals surface area contributed by atoms with Crippen molar-refractivity contribution in [2.24, 2.45) is 10.9 Å². The average Bonchev–Trinajstić information content (AvgIpc) is 3.29. The zero-order valence-electron chi connectivity index (χ0n) is 14.7. The average molecular weight is 367 g/mol. The van der Waals surface area contributed by atoms with Crippen molar-refractivity contribution in [3.05, 3.63) is 22.4 Å². The van der Waals surface area contributed by atoms with Gasteiger partial charge in [0.05, 0.1) is 0 Å². The number of thioether (sulfide) groups is 1. The predicted octanol–water partition coefficient (Wildman–Crippen LogP) is 3.02. The summed E-state index contributed by atoms with van der Waals surface area (Å²) in [6.45, 7) is 5.61. The Morgan fingerprint density at radius 2 is 2.21 bits per heavy atom. The molecule has 0 spiro atoms. The van der Waals surface area contributed by atoms with Gasteiger partial charge in [-0.3, -0.25) is 9.89 Å². The number of piperidine rings is 1. The third-order valence-electron chi connectivity index (χ3n) is 4.87. The largest absolute Gasteiger partial charge is 0.356 e. The zero-order chi connectivity index (χ0) is 16.6. The Hall–Kier alpha value is -0.720. The Kier molecular flexibility index (Phi) is 7.30. The standard InChI is InChI=1S/C18H30N4S2/c1-19-18(21-12-16-6-3-9-23-16)20-11-15-5-2-8-22(13-15)14-17-7-4-10-24-17/h4,7,10,15-16H,2-3,5-6,8-9,11-14H2,1H3,(H2,19,20,21). The van der Waals surface area contributed by atoms with Crippen molar-refractivity contribution in [2.45, 2.75) is 37.5 Å². The van der Waals surface area contributed by atoms with E-state index in [0.717, 1.165) is 36.8 Å². The highest BCUT2D eigenvalue weighted by atomic mass is 32.2. The van der Waals surface area contributed by atoms with Crippen molar-refractivity contribution in [2.75, 3.05) is 39.0 Å². The van der Waals surface area contributed by atoms with Gasteiger partial charge in [0.25, 0.3) is 0 Å². The van der Waals surface area contributed by atoms with Gasteiger partial charge in [0, 0.05) is 43.4 Å². The summed E-state index contributed by atoms with van der Waals surface area (Å²) in [6.07, 6.45) is 5.34. The molecule has 0 aliphatic carbocycles. The molecule has 3 heterocycles. The molecule has 2 unspecified atom stereocenters. The van der Waals surface area contributed by atoms with Crippen LogP contribution in [0.3, 0.4) is 0 Å². The lowest BCUT2D eigenvalue weighted by Crippen LogP contribution is -2.45. The number of likely N-dealkylation sites (tertiary alicyclic amines) is 1. The van der Waals surface area contributed by atoms with Crippen LogP contribution in [0.15, 0.2) is 22.5 Å². The summed E-state index contributed by atoms with van der Waals surface area (Å²) in [5.41, 5.74) is 0. The summed E-state index contributed by atoms with van der Waals surface area (Å²) in [5.74, 6) is 3.01. The van der Waals surface area contributed by atoms with Gasteiger partial charge in [-0.05, 0) is 55.3 Å². The quantitative estimate of drug-likeness (QED) is 0.600. The van der Waals surface area contributed by atoms with E-state index in [0.29, 0.717) is 0 Å². The van der Waals surface area contributed by atoms with Crippen molar-refractivity contribution in [3.8, 4) is 0 Å². The highest BCUT2D eigenvalue weighted by molar-refractivity contribution is 8.00. The van der Waals surface area contributed by atoms with Crippen LogP contribution in [0.25, 0.3) is 0 Å². The maximum atomic E-state index is 4.39. The SMILES string of the molecule is CN=C(NCC1CCCN(Cc2cccs2)C1)NCC1CCCS1. The number of rotatable bonds is 6. The van der Waals surface area contributed by atoms with Crippen LogP contribution in [0.1, 0.15) is 30.6 Å². The minimum absolute atomic E-state index is 0.720. The molecule has 1 aromatic rings. The lowest BCUT2D eigenvalue weighted by atomic mass is 9.98. The summed E-state index contributed by atoms with van der Waals surface area (Å²) >= 11 is 3.96. The molecule has 4 nitrogen and oxygen atoms in total. The van der Waals surface area contributed by atoms with Crippen LogP contribution in [0.2, 0.25) is 0 Å². The molecule has 2 fully saturated rings. The number of hydrogen-bond donors (Lipinski definition) is 2. The maximum Gasteiger partial charge on any atom is 0.191 e. The fourth-order valence-electron chi connectivity index (χ4n) is 3.56. The fraction of sp³-hybridized carbons (Fsp3) is 0.722. The van der Waals surface area contributed by atoms with E-state index in [2.05, 4.69) is 49.8 Å². The molecule has 0 saturated carbocycles. The smallest absolute Gasteiger partial charge is 0.191 e. The lowest BCUT2D eigenvalue weighted by molar-refractivity contribution is 0.169. The van der Waals surface area contributed by atoms with E-state index >= 15 is 0 Å².